The lowest BCUT2D eigenvalue weighted by Gasteiger charge is -2.41. The summed E-state index contributed by atoms with van der Waals surface area (Å²) in [4.78, 5) is 24.4. The Morgan fingerprint density at radius 3 is 2.40 bits per heavy atom. The van der Waals surface area contributed by atoms with E-state index in [0.717, 1.165) is 24.0 Å². The van der Waals surface area contributed by atoms with Crippen LogP contribution in [0.25, 0.3) is 0 Å². The lowest BCUT2D eigenvalue weighted by Crippen LogP contribution is -2.34. The molecule has 0 saturated heterocycles. The van der Waals surface area contributed by atoms with E-state index in [2.05, 4.69) is 12.1 Å². The Balaban J connectivity index is 1.76. The summed E-state index contributed by atoms with van der Waals surface area (Å²) in [5.74, 6) is -0.929. The molecule has 0 saturated carbocycles. The Morgan fingerprint density at radius 1 is 1.00 bits per heavy atom. The number of ether oxygens (including phenoxy) is 3. The molecule has 1 aromatic rings. The second kappa shape index (κ2) is 6.15. The maximum atomic E-state index is 12.2. The molecule has 0 amide bonds. The third kappa shape index (κ3) is 2.59. The van der Waals surface area contributed by atoms with Crippen molar-refractivity contribution in [2.75, 3.05) is 14.2 Å². The maximum absolute atomic E-state index is 12.2. The van der Waals surface area contributed by atoms with E-state index in [-0.39, 0.29) is 12.2 Å². The summed E-state index contributed by atoms with van der Waals surface area (Å²) < 4.78 is 16.0. The molecule has 25 heavy (non-hydrogen) atoms. The molecule has 2 bridgehead atoms. The van der Waals surface area contributed by atoms with E-state index in [1.807, 2.05) is 12.1 Å². The lowest BCUT2D eigenvalue weighted by molar-refractivity contribution is -0.139. The lowest BCUT2D eigenvalue weighted by atomic mass is 9.74. The molecule has 2 atom stereocenters. The molecular weight excluding hydrogens is 320 g/mol. The Bertz CT molecular complexity index is 817. The zero-order valence-corrected chi connectivity index (χ0v) is 14.3. The highest BCUT2D eigenvalue weighted by molar-refractivity contribution is 6.01. The van der Waals surface area contributed by atoms with E-state index in [4.69, 9.17) is 14.2 Å². The Kier molecular flexibility index (Phi) is 3.96. The highest BCUT2D eigenvalue weighted by atomic mass is 16.5. The van der Waals surface area contributed by atoms with Gasteiger partial charge in [-0.2, -0.15) is 0 Å². The average molecular weight is 340 g/mol. The van der Waals surface area contributed by atoms with Gasteiger partial charge in [0.25, 0.3) is 0 Å². The standard InChI is InChI=1S/C20H20O5/c1-23-19(21)16-9-12-8-13-7-11-5-3-4-6-14(11)18(25-13)15(12)10-17(16)20(22)24-2/h3-6,13,18H,7-10H2,1-2H3. The van der Waals surface area contributed by atoms with Gasteiger partial charge < -0.3 is 14.2 Å². The first-order chi connectivity index (χ1) is 12.1. The van der Waals surface area contributed by atoms with Crippen molar-refractivity contribution in [2.45, 2.75) is 37.9 Å². The molecule has 1 aromatic carbocycles. The predicted octanol–water partition coefficient (Wildman–Crippen LogP) is 2.81. The van der Waals surface area contributed by atoms with Gasteiger partial charge in [0.15, 0.2) is 0 Å². The largest absolute Gasteiger partial charge is 0.466 e. The first-order valence-electron chi connectivity index (χ1n) is 8.45. The molecule has 2 aliphatic heterocycles. The summed E-state index contributed by atoms with van der Waals surface area (Å²) in [7, 11) is 2.67. The van der Waals surface area contributed by atoms with Gasteiger partial charge in [-0.25, -0.2) is 9.59 Å². The van der Waals surface area contributed by atoms with E-state index in [9.17, 15) is 9.59 Å². The minimum absolute atomic E-state index is 0.122. The summed E-state index contributed by atoms with van der Waals surface area (Å²) in [5, 5.41) is 0. The number of fused-ring (bicyclic) bond motifs is 5. The zero-order chi connectivity index (χ0) is 17.6. The van der Waals surface area contributed by atoms with Crippen molar-refractivity contribution >= 4 is 11.9 Å². The van der Waals surface area contributed by atoms with Gasteiger partial charge in [0.1, 0.15) is 6.10 Å². The third-order valence-corrected chi connectivity index (χ3v) is 5.34. The highest BCUT2D eigenvalue weighted by Crippen LogP contribution is 2.48. The number of benzene rings is 1. The van der Waals surface area contributed by atoms with Crippen LogP contribution in [0.1, 0.15) is 36.5 Å². The molecule has 0 fully saturated rings. The van der Waals surface area contributed by atoms with Crippen molar-refractivity contribution in [1.29, 1.82) is 0 Å². The fraction of sp³-hybridized carbons (Fsp3) is 0.400. The van der Waals surface area contributed by atoms with Gasteiger partial charge in [-0.05, 0) is 29.5 Å². The van der Waals surface area contributed by atoms with Crippen LogP contribution in [0.5, 0.6) is 0 Å². The van der Waals surface area contributed by atoms with Crippen LogP contribution in [0, 0.1) is 0 Å². The number of rotatable bonds is 2. The molecule has 0 aromatic heterocycles. The quantitative estimate of drug-likeness (QED) is 0.612. The molecule has 5 heteroatoms. The first kappa shape index (κ1) is 16.1. The van der Waals surface area contributed by atoms with Crippen LogP contribution >= 0.6 is 0 Å². The van der Waals surface area contributed by atoms with Gasteiger partial charge in [0.05, 0.1) is 31.5 Å². The summed E-state index contributed by atoms with van der Waals surface area (Å²) in [6, 6.07) is 8.29. The van der Waals surface area contributed by atoms with Crippen LogP contribution < -0.4 is 0 Å². The van der Waals surface area contributed by atoms with Gasteiger partial charge in [0.2, 0.25) is 0 Å². The Hall–Kier alpha value is -2.40. The van der Waals surface area contributed by atoms with Crippen molar-refractivity contribution < 1.29 is 23.8 Å². The number of carbonyl (C=O) groups excluding carboxylic acids is 2. The van der Waals surface area contributed by atoms with Crippen LogP contribution in [-0.4, -0.2) is 32.3 Å². The Labute approximate surface area is 146 Å². The highest BCUT2D eigenvalue weighted by Gasteiger charge is 2.40. The summed E-state index contributed by atoms with van der Waals surface area (Å²) in [6.07, 6.45) is 2.46. The van der Waals surface area contributed by atoms with Crippen molar-refractivity contribution in [3.05, 3.63) is 57.7 Å². The second-order valence-electron chi connectivity index (χ2n) is 6.67. The number of carbonyl (C=O) groups is 2. The molecule has 3 aliphatic rings. The number of methoxy groups -OCH3 is 2. The van der Waals surface area contributed by atoms with Crippen molar-refractivity contribution in [3.8, 4) is 0 Å². The minimum atomic E-state index is -0.474. The van der Waals surface area contributed by atoms with Crippen LogP contribution in [0.3, 0.4) is 0 Å². The molecule has 1 aliphatic carbocycles. The van der Waals surface area contributed by atoms with Gasteiger partial charge >= 0.3 is 11.9 Å². The SMILES string of the molecule is COC(=O)C1=C(C(=O)OC)CC2=C(C1)CC1Cc3ccccc3C2O1. The maximum Gasteiger partial charge on any atom is 0.334 e. The summed E-state index contributed by atoms with van der Waals surface area (Å²) in [5.41, 5.74) is 5.56. The predicted molar refractivity (Wildman–Crippen MR) is 89.7 cm³/mol. The van der Waals surface area contributed by atoms with Crippen LogP contribution in [0.4, 0.5) is 0 Å². The fourth-order valence-corrected chi connectivity index (χ4v) is 4.17. The van der Waals surface area contributed by atoms with Crippen LogP contribution in [0.15, 0.2) is 46.6 Å². The molecule has 2 unspecified atom stereocenters. The summed E-state index contributed by atoms with van der Waals surface area (Å²) in [6.45, 7) is 0. The van der Waals surface area contributed by atoms with Crippen molar-refractivity contribution in [3.63, 3.8) is 0 Å². The third-order valence-electron chi connectivity index (χ3n) is 5.34. The topological polar surface area (TPSA) is 61.8 Å². The molecule has 0 spiro atoms. The number of hydrogen-bond acceptors (Lipinski definition) is 5. The van der Waals surface area contributed by atoms with Gasteiger partial charge in [-0.15, -0.1) is 0 Å². The molecule has 0 radical (unpaired) electrons. The molecule has 130 valence electrons. The monoisotopic (exact) mass is 340 g/mol. The van der Waals surface area contributed by atoms with Crippen LogP contribution in [-0.2, 0) is 30.2 Å². The van der Waals surface area contributed by atoms with Crippen molar-refractivity contribution in [1.82, 2.24) is 0 Å². The molecule has 2 heterocycles. The van der Waals surface area contributed by atoms with E-state index < -0.39 is 11.9 Å². The van der Waals surface area contributed by atoms with E-state index in [1.54, 1.807) is 0 Å². The van der Waals surface area contributed by atoms with Gasteiger partial charge in [-0.3, -0.25) is 0 Å². The second-order valence-corrected chi connectivity index (χ2v) is 6.67. The molecular formula is C20H20O5. The van der Waals surface area contributed by atoms with Crippen LogP contribution in [0.2, 0.25) is 0 Å². The normalized spacial score (nSPS) is 24.4. The van der Waals surface area contributed by atoms with Gasteiger partial charge in [0, 0.05) is 12.8 Å². The minimum Gasteiger partial charge on any atom is -0.466 e. The average Bonchev–Trinajstić information content (AvgIpc) is 2.65. The molecule has 4 rings (SSSR count). The Morgan fingerprint density at radius 2 is 1.68 bits per heavy atom. The first-order valence-corrected chi connectivity index (χ1v) is 8.45. The van der Waals surface area contributed by atoms with E-state index >= 15 is 0 Å². The molecule has 5 nitrogen and oxygen atoms in total. The zero-order valence-electron chi connectivity index (χ0n) is 14.3. The van der Waals surface area contributed by atoms with E-state index in [0.29, 0.717) is 24.0 Å². The summed E-state index contributed by atoms with van der Waals surface area (Å²) >= 11 is 0. The number of esters is 2. The van der Waals surface area contributed by atoms with Crippen molar-refractivity contribution in [2.24, 2.45) is 0 Å². The van der Waals surface area contributed by atoms with Gasteiger partial charge in [-0.1, -0.05) is 29.8 Å². The number of hydrogen-bond donors (Lipinski definition) is 0. The fourth-order valence-electron chi connectivity index (χ4n) is 4.17. The smallest absolute Gasteiger partial charge is 0.334 e. The molecule has 0 N–H and O–H groups in total. The van der Waals surface area contributed by atoms with E-state index in [1.165, 1.54) is 25.4 Å².